The third kappa shape index (κ3) is 4.10. The van der Waals surface area contributed by atoms with Crippen LogP contribution in [0.5, 0.6) is 0 Å². The van der Waals surface area contributed by atoms with Gasteiger partial charge in [-0.15, -0.1) is 0 Å². The molecule has 1 aliphatic rings. The van der Waals surface area contributed by atoms with Crippen LogP contribution < -0.4 is 0 Å². The van der Waals surface area contributed by atoms with Crippen molar-refractivity contribution in [2.45, 2.75) is 45.6 Å². The molecule has 1 rings (SSSR count). The molecule has 2 nitrogen and oxygen atoms in total. The van der Waals surface area contributed by atoms with E-state index in [-0.39, 0.29) is 6.10 Å². The summed E-state index contributed by atoms with van der Waals surface area (Å²) in [5.41, 5.74) is 0. The lowest BCUT2D eigenvalue weighted by Crippen LogP contribution is -2.27. The van der Waals surface area contributed by atoms with E-state index in [0.29, 0.717) is 0 Å². The van der Waals surface area contributed by atoms with Crippen LogP contribution >= 0.6 is 0 Å². The van der Waals surface area contributed by atoms with Crippen molar-refractivity contribution in [3.05, 3.63) is 0 Å². The second-order valence-electron chi connectivity index (χ2n) is 4.45. The highest BCUT2D eigenvalue weighted by Gasteiger charge is 2.20. The maximum atomic E-state index is 9.35. The Morgan fingerprint density at radius 2 is 2.31 bits per heavy atom. The predicted octanol–water partition coefficient (Wildman–Crippen LogP) is 1.88. The Morgan fingerprint density at radius 1 is 1.54 bits per heavy atom. The molecular formula is C11H23NO. The maximum absolute atomic E-state index is 9.35. The Hall–Kier alpha value is -0.0800. The van der Waals surface area contributed by atoms with Gasteiger partial charge >= 0.3 is 0 Å². The molecule has 0 spiro atoms. The number of aliphatic hydroxyl groups is 1. The topological polar surface area (TPSA) is 23.5 Å². The van der Waals surface area contributed by atoms with Crippen LogP contribution in [0.25, 0.3) is 0 Å². The largest absolute Gasteiger partial charge is 0.392 e. The van der Waals surface area contributed by atoms with Crippen LogP contribution in [0.3, 0.4) is 0 Å². The number of hydrogen-bond acceptors (Lipinski definition) is 2. The van der Waals surface area contributed by atoms with Gasteiger partial charge in [0.25, 0.3) is 0 Å². The standard InChI is InChI=1S/C11H23NO/c1-3-4-5-10(2)8-12-7-6-11(13)9-12/h10-11,13H,3-9H2,1-2H3. The van der Waals surface area contributed by atoms with E-state index in [0.717, 1.165) is 25.4 Å². The molecule has 2 unspecified atom stereocenters. The molecule has 2 heteroatoms. The predicted molar refractivity (Wildman–Crippen MR) is 55.8 cm³/mol. The lowest BCUT2D eigenvalue weighted by atomic mass is 10.0. The zero-order valence-electron chi connectivity index (χ0n) is 9.00. The minimum Gasteiger partial charge on any atom is -0.392 e. The van der Waals surface area contributed by atoms with Gasteiger partial charge in [0.05, 0.1) is 6.10 Å². The van der Waals surface area contributed by atoms with Gasteiger partial charge in [0.1, 0.15) is 0 Å². The summed E-state index contributed by atoms with van der Waals surface area (Å²) in [5, 5.41) is 9.35. The summed E-state index contributed by atoms with van der Waals surface area (Å²) in [7, 11) is 0. The summed E-state index contributed by atoms with van der Waals surface area (Å²) in [6, 6.07) is 0. The first-order valence-corrected chi connectivity index (χ1v) is 5.62. The van der Waals surface area contributed by atoms with Crippen molar-refractivity contribution in [2.75, 3.05) is 19.6 Å². The molecule has 0 radical (unpaired) electrons. The van der Waals surface area contributed by atoms with E-state index in [1.807, 2.05) is 0 Å². The second-order valence-corrected chi connectivity index (χ2v) is 4.45. The SMILES string of the molecule is CCCCC(C)CN1CCC(O)C1. The number of rotatable bonds is 5. The highest BCUT2D eigenvalue weighted by Crippen LogP contribution is 2.14. The molecule has 0 amide bonds. The lowest BCUT2D eigenvalue weighted by Gasteiger charge is -2.19. The second kappa shape index (κ2) is 5.61. The third-order valence-corrected chi connectivity index (χ3v) is 2.87. The van der Waals surface area contributed by atoms with E-state index in [9.17, 15) is 5.11 Å². The first-order chi connectivity index (χ1) is 6.22. The molecule has 13 heavy (non-hydrogen) atoms. The van der Waals surface area contributed by atoms with E-state index in [2.05, 4.69) is 18.7 Å². The van der Waals surface area contributed by atoms with Crippen LogP contribution in [0.4, 0.5) is 0 Å². The molecular weight excluding hydrogens is 162 g/mol. The van der Waals surface area contributed by atoms with E-state index < -0.39 is 0 Å². The highest BCUT2D eigenvalue weighted by molar-refractivity contribution is 4.75. The van der Waals surface area contributed by atoms with Crippen LogP contribution in [0, 0.1) is 5.92 Å². The molecule has 0 bridgehead atoms. The first kappa shape index (κ1) is 11.0. The summed E-state index contributed by atoms with van der Waals surface area (Å²) >= 11 is 0. The average molecular weight is 185 g/mol. The first-order valence-electron chi connectivity index (χ1n) is 5.62. The molecule has 1 aliphatic heterocycles. The minimum absolute atomic E-state index is 0.0571. The fourth-order valence-electron chi connectivity index (χ4n) is 2.06. The smallest absolute Gasteiger partial charge is 0.0679 e. The molecule has 0 aromatic rings. The third-order valence-electron chi connectivity index (χ3n) is 2.87. The molecule has 0 aromatic carbocycles. The average Bonchev–Trinajstić information content (AvgIpc) is 2.48. The monoisotopic (exact) mass is 185 g/mol. The lowest BCUT2D eigenvalue weighted by molar-refractivity contribution is 0.170. The van der Waals surface area contributed by atoms with Crippen molar-refractivity contribution >= 4 is 0 Å². The summed E-state index contributed by atoms with van der Waals surface area (Å²) in [6.45, 7) is 7.73. The number of aliphatic hydroxyl groups excluding tert-OH is 1. The van der Waals surface area contributed by atoms with Crippen molar-refractivity contribution in [3.8, 4) is 0 Å². The molecule has 2 atom stereocenters. The number of β-amino-alcohol motifs (C(OH)–C–C–N with tert-alkyl or cyclic N) is 1. The van der Waals surface area contributed by atoms with Gasteiger partial charge in [-0.2, -0.15) is 0 Å². The van der Waals surface area contributed by atoms with Crippen LogP contribution in [-0.4, -0.2) is 35.7 Å². The van der Waals surface area contributed by atoms with Gasteiger partial charge in [0, 0.05) is 19.6 Å². The van der Waals surface area contributed by atoms with E-state index in [1.54, 1.807) is 0 Å². The minimum atomic E-state index is -0.0571. The Labute approximate surface area is 81.9 Å². The Bertz CT molecular complexity index is 138. The van der Waals surface area contributed by atoms with Gasteiger partial charge in [-0.1, -0.05) is 26.7 Å². The van der Waals surface area contributed by atoms with Crippen molar-refractivity contribution in [3.63, 3.8) is 0 Å². The molecule has 1 N–H and O–H groups in total. The zero-order valence-corrected chi connectivity index (χ0v) is 9.00. The number of unbranched alkanes of at least 4 members (excludes halogenated alkanes) is 1. The molecule has 0 aliphatic carbocycles. The van der Waals surface area contributed by atoms with Crippen LogP contribution in [-0.2, 0) is 0 Å². The fraction of sp³-hybridized carbons (Fsp3) is 1.00. The highest BCUT2D eigenvalue weighted by atomic mass is 16.3. The number of nitrogens with zero attached hydrogens (tertiary/aromatic N) is 1. The van der Waals surface area contributed by atoms with E-state index in [4.69, 9.17) is 0 Å². The van der Waals surface area contributed by atoms with E-state index in [1.165, 1.54) is 25.8 Å². The van der Waals surface area contributed by atoms with Crippen molar-refractivity contribution in [1.29, 1.82) is 0 Å². The summed E-state index contributed by atoms with van der Waals surface area (Å²) in [5.74, 6) is 0.797. The van der Waals surface area contributed by atoms with Crippen molar-refractivity contribution in [1.82, 2.24) is 4.90 Å². The molecule has 0 saturated carbocycles. The van der Waals surface area contributed by atoms with Gasteiger partial charge in [-0.25, -0.2) is 0 Å². The summed E-state index contributed by atoms with van der Waals surface area (Å²) in [6.07, 6.45) is 4.90. The van der Waals surface area contributed by atoms with Gasteiger partial charge in [-0.05, 0) is 18.8 Å². The maximum Gasteiger partial charge on any atom is 0.0679 e. The zero-order chi connectivity index (χ0) is 9.68. The normalized spacial score (nSPS) is 26.5. The molecule has 0 aromatic heterocycles. The molecule has 1 fully saturated rings. The van der Waals surface area contributed by atoms with Crippen LogP contribution in [0.15, 0.2) is 0 Å². The van der Waals surface area contributed by atoms with Crippen LogP contribution in [0.2, 0.25) is 0 Å². The number of hydrogen-bond donors (Lipinski definition) is 1. The summed E-state index contributed by atoms with van der Waals surface area (Å²) in [4.78, 5) is 2.39. The van der Waals surface area contributed by atoms with Gasteiger partial charge in [0.2, 0.25) is 0 Å². The Balaban J connectivity index is 2.09. The fourth-order valence-corrected chi connectivity index (χ4v) is 2.06. The molecule has 78 valence electrons. The Kier molecular flexibility index (Phi) is 4.74. The number of likely N-dealkylation sites (tertiary alicyclic amines) is 1. The summed E-state index contributed by atoms with van der Waals surface area (Å²) < 4.78 is 0. The van der Waals surface area contributed by atoms with Crippen molar-refractivity contribution in [2.24, 2.45) is 5.92 Å². The van der Waals surface area contributed by atoms with Crippen LogP contribution in [0.1, 0.15) is 39.5 Å². The Morgan fingerprint density at radius 3 is 2.85 bits per heavy atom. The van der Waals surface area contributed by atoms with Gasteiger partial charge in [-0.3, -0.25) is 0 Å². The van der Waals surface area contributed by atoms with Gasteiger partial charge < -0.3 is 10.0 Å². The van der Waals surface area contributed by atoms with Gasteiger partial charge in [0.15, 0.2) is 0 Å². The van der Waals surface area contributed by atoms with E-state index >= 15 is 0 Å². The van der Waals surface area contributed by atoms with Crippen molar-refractivity contribution < 1.29 is 5.11 Å². The molecule has 1 heterocycles. The quantitative estimate of drug-likeness (QED) is 0.707. The molecule has 1 saturated heterocycles.